The van der Waals surface area contributed by atoms with Crippen molar-refractivity contribution >= 4 is 29.5 Å². The number of halogens is 1. The maximum atomic E-state index is 12.8. The number of ether oxygens (including phenoxy) is 1. The summed E-state index contributed by atoms with van der Waals surface area (Å²) in [7, 11) is 2.89. The SMILES string of the molecule is COC(=O)N(C)c1ccc(NC(=O)/C=C/c2ccc(F)cc2)cc1. The van der Waals surface area contributed by atoms with E-state index in [1.54, 1.807) is 49.5 Å². The van der Waals surface area contributed by atoms with Crippen molar-refractivity contribution < 1.29 is 18.7 Å². The molecule has 0 atom stereocenters. The van der Waals surface area contributed by atoms with Crippen molar-refractivity contribution in [2.75, 3.05) is 24.4 Å². The molecule has 2 aromatic rings. The van der Waals surface area contributed by atoms with E-state index < -0.39 is 6.09 Å². The lowest BCUT2D eigenvalue weighted by atomic mass is 10.2. The molecule has 2 aromatic carbocycles. The van der Waals surface area contributed by atoms with Crippen LogP contribution in [0.5, 0.6) is 0 Å². The summed E-state index contributed by atoms with van der Waals surface area (Å²) in [5, 5.41) is 2.70. The van der Waals surface area contributed by atoms with E-state index in [1.165, 1.54) is 30.2 Å². The number of carbonyl (C=O) groups is 2. The number of benzene rings is 2. The lowest BCUT2D eigenvalue weighted by Crippen LogP contribution is -2.25. The van der Waals surface area contributed by atoms with Gasteiger partial charge in [-0.15, -0.1) is 0 Å². The minimum Gasteiger partial charge on any atom is -0.452 e. The third-order valence-corrected chi connectivity index (χ3v) is 3.27. The van der Waals surface area contributed by atoms with Crippen molar-refractivity contribution in [3.63, 3.8) is 0 Å². The molecule has 1 N–H and O–H groups in total. The van der Waals surface area contributed by atoms with Crippen molar-refractivity contribution in [1.82, 2.24) is 0 Å². The molecule has 6 heteroatoms. The largest absolute Gasteiger partial charge is 0.452 e. The molecule has 0 saturated carbocycles. The topological polar surface area (TPSA) is 58.6 Å². The maximum absolute atomic E-state index is 12.8. The van der Waals surface area contributed by atoms with E-state index in [9.17, 15) is 14.0 Å². The first-order valence-corrected chi connectivity index (χ1v) is 7.16. The van der Waals surface area contributed by atoms with Crippen LogP contribution in [0.3, 0.4) is 0 Å². The van der Waals surface area contributed by atoms with Crippen LogP contribution in [0.15, 0.2) is 54.6 Å². The Morgan fingerprint density at radius 2 is 1.71 bits per heavy atom. The van der Waals surface area contributed by atoms with Crippen LogP contribution in [0.4, 0.5) is 20.6 Å². The van der Waals surface area contributed by atoms with Gasteiger partial charge >= 0.3 is 6.09 Å². The first-order valence-electron chi connectivity index (χ1n) is 7.16. The van der Waals surface area contributed by atoms with Crippen LogP contribution in [0.2, 0.25) is 0 Å². The van der Waals surface area contributed by atoms with Gasteiger partial charge in [-0.25, -0.2) is 9.18 Å². The first-order chi connectivity index (χ1) is 11.5. The molecular weight excluding hydrogens is 311 g/mol. The summed E-state index contributed by atoms with van der Waals surface area (Å²) in [5.41, 5.74) is 1.95. The zero-order chi connectivity index (χ0) is 17.5. The van der Waals surface area contributed by atoms with Gasteiger partial charge in [0.15, 0.2) is 0 Å². The van der Waals surface area contributed by atoms with Gasteiger partial charge in [0.2, 0.25) is 5.91 Å². The molecular formula is C18H17FN2O3. The normalized spacial score (nSPS) is 10.5. The number of methoxy groups -OCH3 is 1. The van der Waals surface area contributed by atoms with Crippen molar-refractivity contribution in [3.8, 4) is 0 Å². The van der Waals surface area contributed by atoms with Gasteiger partial charge in [0.25, 0.3) is 0 Å². The summed E-state index contributed by atoms with van der Waals surface area (Å²) in [6.07, 6.45) is 2.48. The zero-order valence-electron chi connectivity index (χ0n) is 13.3. The molecule has 0 aliphatic heterocycles. The fraction of sp³-hybridized carbons (Fsp3) is 0.111. The monoisotopic (exact) mass is 328 g/mol. The highest BCUT2D eigenvalue weighted by Crippen LogP contribution is 2.17. The molecule has 124 valence electrons. The Morgan fingerprint density at radius 3 is 2.29 bits per heavy atom. The van der Waals surface area contributed by atoms with Crippen LogP contribution in [-0.4, -0.2) is 26.2 Å². The standard InChI is InChI=1S/C18H17FN2O3/c1-21(18(23)24-2)16-10-8-15(9-11-16)20-17(22)12-5-13-3-6-14(19)7-4-13/h3-12H,1-2H3,(H,20,22)/b12-5+. The number of anilines is 2. The number of rotatable bonds is 4. The van der Waals surface area contributed by atoms with Gasteiger partial charge in [0, 0.05) is 24.5 Å². The lowest BCUT2D eigenvalue weighted by molar-refractivity contribution is -0.111. The Labute approximate surface area is 139 Å². The fourth-order valence-electron chi connectivity index (χ4n) is 1.94. The Morgan fingerprint density at radius 1 is 1.08 bits per heavy atom. The molecule has 0 heterocycles. The number of hydrogen-bond donors (Lipinski definition) is 1. The molecule has 0 bridgehead atoms. The predicted molar refractivity (Wildman–Crippen MR) is 91.3 cm³/mol. The number of hydrogen-bond acceptors (Lipinski definition) is 3. The van der Waals surface area contributed by atoms with Crippen molar-refractivity contribution in [2.24, 2.45) is 0 Å². The summed E-state index contributed by atoms with van der Waals surface area (Å²) in [6, 6.07) is 12.6. The van der Waals surface area contributed by atoms with E-state index in [1.807, 2.05) is 0 Å². The molecule has 0 fully saturated rings. The van der Waals surface area contributed by atoms with E-state index in [-0.39, 0.29) is 11.7 Å². The van der Waals surface area contributed by atoms with E-state index in [4.69, 9.17) is 0 Å². The third kappa shape index (κ3) is 4.67. The van der Waals surface area contributed by atoms with Crippen LogP contribution < -0.4 is 10.2 Å². The fourth-order valence-corrected chi connectivity index (χ4v) is 1.94. The second kappa shape index (κ2) is 7.92. The highest BCUT2D eigenvalue weighted by Gasteiger charge is 2.10. The third-order valence-electron chi connectivity index (χ3n) is 3.27. The average Bonchev–Trinajstić information content (AvgIpc) is 2.60. The average molecular weight is 328 g/mol. The molecule has 5 nitrogen and oxygen atoms in total. The molecule has 2 amide bonds. The molecule has 0 unspecified atom stereocenters. The minimum atomic E-state index is -0.478. The van der Waals surface area contributed by atoms with Gasteiger partial charge in [0.1, 0.15) is 5.82 Å². The summed E-state index contributed by atoms with van der Waals surface area (Å²) in [6.45, 7) is 0. The molecule has 0 saturated heterocycles. The Hall–Kier alpha value is -3.15. The highest BCUT2D eigenvalue weighted by molar-refractivity contribution is 6.02. The van der Waals surface area contributed by atoms with Crippen molar-refractivity contribution in [2.45, 2.75) is 0 Å². The molecule has 2 rings (SSSR count). The predicted octanol–water partition coefficient (Wildman–Crippen LogP) is 3.68. The summed E-state index contributed by atoms with van der Waals surface area (Å²) < 4.78 is 17.4. The van der Waals surface area contributed by atoms with Crippen molar-refractivity contribution in [3.05, 3.63) is 66.0 Å². The van der Waals surface area contributed by atoms with E-state index in [0.29, 0.717) is 11.4 Å². The second-order valence-electron chi connectivity index (χ2n) is 4.95. The number of amides is 2. The number of carbonyl (C=O) groups excluding carboxylic acids is 2. The van der Waals surface area contributed by atoms with Crippen LogP contribution >= 0.6 is 0 Å². The molecule has 0 radical (unpaired) electrons. The molecule has 0 aliphatic carbocycles. The summed E-state index contributed by atoms with van der Waals surface area (Å²) >= 11 is 0. The van der Waals surface area contributed by atoms with Gasteiger partial charge in [-0.2, -0.15) is 0 Å². The van der Waals surface area contributed by atoms with Gasteiger partial charge in [-0.3, -0.25) is 9.69 Å². The van der Waals surface area contributed by atoms with E-state index >= 15 is 0 Å². The lowest BCUT2D eigenvalue weighted by Gasteiger charge is -2.15. The van der Waals surface area contributed by atoms with E-state index in [0.717, 1.165) is 5.56 Å². The summed E-state index contributed by atoms with van der Waals surface area (Å²) in [5.74, 6) is -0.637. The van der Waals surface area contributed by atoms with Gasteiger partial charge < -0.3 is 10.1 Å². The highest BCUT2D eigenvalue weighted by atomic mass is 19.1. The summed E-state index contributed by atoms with van der Waals surface area (Å²) in [4.78, 5) is 24.6. The van der Waals surface area contributed by atoms with Gasteiger partial charge in [-0.1, -0.05) is 12.1 Å². The number of nitrogens with zero attached hydrogens (tertiary/aromatic N) is 1. The van der Waals surface area contributed by atoms with Crippen LogP contribution in [0.1, 0.15) is 5.56 Å². The minimum absolute atomic E-state index is 0.312. The smallest absolute Gasteiger partial charge is 0.413 e. The quantitative estimate of drug-likeness (QED) is 0.871. The maximum Gasteiger partial charge on any atom is 0.413 e. The van der Waals surface area contributed by atoms with Gasteiger partial charge in [0.05, 0.1) is 7.11 Å². The Bertz CT molecular complexity index is 740. The zero-order valence-corrected chi connectivity index (χ0v) is 13.3. The Balaban J connectivity index is 1.96. The van der Waals surface area contributed by atoms with Crippen LogP contribution in [0.25, 0.3) is 6.08 Å². The second-order valence-corrected chi connectivity index (χ2v) is 4.95. The van der Waals surface area contributed by atoms with Gasteiger partial charge in [-0.05, 0) is 48.0 Å². The molecule has 0 spiro atoms. The molecule has 0 aromatic heterocycles. The van der Waals surface area contributed by atoms with E-state index in [2.05, 4.69) is 10.1 Å². The number of nitrogens with one attached hydrogen (secondary N) is 1. The first kappa shape index (κ1) is 17.2. The molecule has 0 aliphatic rings. The Kier molecular flexibility index (Phi) is 5.68. The van der Waals surface area contributed by atoms with Crippen LogP contribution in [0, 0.1) is 5.82 Å². The molecule has 24 heavy (non-hydrogen) atoms. The van der Waals surface area contributed by atoms with Crippen molar-refractivity contribution in [1.29, 1.82) is 0 Å². The van der Waals surface area contributed by atoms with Crippen LogP contribution in [-0.2, 0) is 9.53 Å².